The Hall–Kier alpha value is -1.65. The number of nitrogens with zero attached hydrogens (tertiary/aromatic N) is 3. The largest absolute Gasteiger partial charge is 3.00 e. The van der Waals surface area contributed by atoms with Crippen molar-refractivity contribution in [1.29, 1.82) is 0 Å². The van der Waals surface area contributed by atoms with Crippen molar-refractivity contribution in [2.45, 2.75) is 30.6 Å². The van der Waals surface area contributed by atoms with Gasteiger partial charge >= 0.3 is 63.8 Å². The van der Waals surface area contributed by atoms with Crippen LogP contribution in [0.5, 0.6) is 0 Å². The van der Waals surface area contributed by atoms with E-state index in [-0.39, 0.29) is 66.1 Å². The van der Waals surface area contributed by atoms with E-state index in [1.54, 1.807) is 0 Å². The van der Waals surface area contributed by atoms with E-state index in [9.17, 15) is 49.5 Å². The molecule has 0 aromatic carbocycles. The molecule has 19 heteroatoms. The topological polar surface area (TPSA) is 278 Å². The first-order valence-electron chi connectivity index (χ1n) is 11.4. The number of rotatable bonds is 18. The second-order valence-electron chi connectivity index (χ2n) is 8.59. The van der Waals surface area contributed by atoms with Crippen LogP contribution in [-0.4, -0.2) is 181 Å². The van der Waals surface area contributed by atoms with E-state index in [4.69, 9.17) is 20.1 Å². The van der Waals surface area contributed by atoms with E-state index in [2.05, 4.69) is 5.32 Å². The standard InChI is InChI=1S/C20H34N4O14.Gd/c25-10-11-18(35)19(36)17(20(37)38-11)21-12(26)5-23(7-14(29)30)3-1-22(6-13(27)28)2-4-24(8-15(31)32)9-16(33)34;/h11,17-20,25,35-37H,1-10H2,(H,21,26)(H,27,28)(H,29,30)(H,31,32)(H,33,34);/q;+3. The molecule has 0 bridgehead atoms. The van der Waals surface area contributed by atoms with Crippen LogP contribution in [0.15, 0.2) is 0 Å². The third kappa shape index (κ3) is 14.5. The molecule has 1 aliphatic heterocycles. The Morgan fingerprint density at radius 1 is 0.641 bits per heavy atom. The third-order valence-corrected chi connectivity index (χ3v) is 5.50. The Labute approximate surface area is 254 Å². The molecule has 1 amide bonds. The molecule has 1 aliphatic rings. The summed E-state index contributed by atoms with van der Waals surface area (Å²) in [5.74, 6) is -6.01. The number of hydrogen-bond donors (Lipinski definition) is 9. The second kappa shape index (κ2) is 18.7. The monoisotopic (exact) mass is 712 g/mol. The predicted molar refractivity (Wildman–Crippen MR) is 122 cm³/mol. The molecule has 0 spiro atoms. The van der Waals surface area contributed by atoms with Crippen LogP contribution in [0.25, 0.3) is 0 Å². The maximum absolute atomic E-state index is 12.5. The van der Waals surface area contributed by atoms with E-state index < -0.39 is 99.8 Å². The number of carboxylic acids is 4. The van der Waals surface area contributed by atoms with Crippen LogP contribution >= 0.6 is 0 Å². The fraction of sp³-hybridized carbons (Fsp3) is 0.750. The van der Waals surface area contributed by atoms with E-state index in [0.29, 0.717) is 0 Å². The number of aliphatic hydroxyl groups is 4. The zero-order valence-corrected chi connectivity index (χ0v) is 22.9. The third-order valence-electron chi connectivity index (χ3n) is 5.50. The minimum absolute atomic E-state index is 0. The summed E-state index contributed by atoms with van der Waals surface area (Å²) in [5.41, 5.74) is 0. The molecular formula is C20H34GdN4O14+3. The number of ether oxygens (including phenoxy) is 1. The summed E-state index contributed by atoms with van der Waals surface area (Å²) in [6.07, 6.45) is -6.42. The molecule has 1 radical (unpaired) electrons. The first-order chi connectivity index (χ1) is 17.7. The fourth-order valence-electron chi connectivity index (χ4n) is 3.72. The Kier molecular flexibility index (Phi) is 17.9. The number of nitrogens with one attached hydrogen (secondary N) is 1. The predicted octanol–water partition coefficient (Wildman–Crippen LogP) is -5.85. The minimum atomic E-state index is -1.78. The molecule has 5 atom stereocenters. The van der Waals surface area contributed by atoms with Crippen LogP contribution in [0.3, 0.4) is 0 Å². The van der Waals surface area contributed by atoms with Gasteiger partial charge in [-0.15, -0.1) is 0 Å². The van der Waals surface area contributed by atoms with Crippen LogP contribution < -0.4 is 5.32 Å². The van der Waals surface area contributed by atoms with Gasteiger partial charge in [0, 0.05) is 26.2 Å². The molecule has 223 valence electrons. The van der Waals surface area contributed by atoms with Crippen molar-refractivity contribution >= 4 is 29.8 Å². The SMILES string of the molecule is O=C(O)CN(CCN(CC(=O)O)CC(=O)O)CCN(CC(=O)O)CC(=O)NC1C(O)OC(CO)C(O)C1O.[Gd+3]. The summed E-state index contributed by atoms with van der Waals surface area (Å²) >= 11 is 0. The number of carbonyl (C=O) groups excluding carboxylic acids is 1. The van der Waals surface area contributed by atoms with Crippen LogP contribution in [0.4, 0.5) is 0 Å². The molecule has 0 aromatic heterocycles. The van der Waals surface area contributed by atoms with E-state index in [0.717, 1.165) is 9.80 Å². The average Bonchev–Trinajstić information content (AvgIpc) is 2.79. The zero-order chi connectivity index (χ0) is 29.0. The van der Waals surface area contributed by atoms with Gasteiger partial charge in [0.25, 0.3) is 0 Å². The number of aliphatic hydroxyl groups excluding tert-OH is 4. The quantitative estimate of drug-likeness (QED) is 0.0640. The van der Waals surface area contributed by atoms with Gasteiger partial charge in [-0.2, -0.15) is 0 Å². The molecule has 18 nitrogen and oxygen atoms in total. The number of hydrogen-bond acceptors (Lipinski definition) is 13. The molecule has 0 aromatic rings. The molecule has 1 rings (SSSR count). The summed E-state index contributed by atoms with van der Waals surface area (Å²) in [5, 5.41) is 77.7. The summed E-state index contributed by atoms with van der Waals surface area (Å²) in [7, 11) is 0. The zero-order valence-electron chi connectivity index (χ0n) is 20.7. The van der Waals surface area contributed by atoms with Crippen molar-refractivity contribution in [1.82, 2.24) is 20.0 Å². The smallest absolute Gasteiger partial charge is 0.480 e. The van der Waals surface area contributed by atoms with Gasteiger partial charge in [0.05, 0.1) is 39.3 Å². The maximum atomic E-state index is 12.5. The molecule has 9 N–H and O–H groups in total. The first-order valence-corrected chi connectivity index (χ1v) is 11.4. The number of carbonyl (C=O) groups is 5. The van der Waals surface area contributed by atoms with Gasteiger partial charge in [-0.3, -0.25) is 38.7 Å². The van der Waals surface area contributed by atoms with E-state index in [1.165, 1.54) is 4.90 Å². The van der Waals surface area contributed by atoms with Crippen LogP contribution in [-0.2, 0) is 28.7 Å². The van der Waals surface area contributed by atoms with Crippen LogP contribution in [0.2, 0.25) is 0 Å². The van der Waals surface area contributed by atoms with Crippen molar-refractivity contribution in [2.75, 3.05) is 65.5 Å². The Morgan fingerprint density at radius 3 is 1.44 bits per heavy atom. The number of carboxylic acid groups (broad SMARTS) is 4. The molecular weight excluding hydrogens is 677 g/mol. The van der Waals surface area contributed by atoms with Crippen molar-refractivity contribution in [3.05, 3.63) is 0 Å². The molecule has 39 heavy (non-hydrogen) atoms. The summed E-state index contributed by atoms with van der Waals surface area (Å²) in [4.78, 5) is 60.5. The molecule has 5 unspecified atom stereocenters. The Bertz CT molecular complexity index is 820. The van der Waals surface area contributed by atoms with Crippen molar-refractivity contribution in [2.24, 2.45) is 0 Å². The molecule has 1 heterocycles. The minimum Gasteiger partial charge on any atom is -0.480 e. The van der Waals surface area contributed by atoms with Crippen LogP contribution in [0, 0.1) is 39.9 Å². The molecule has 1 fully saturated rings. The summed E-state index contributed by atoms with van der Waals surface area (Å²) in [6, 6.07) is -1.50. The summed E-state index contributed by atoms with van der Waals surface area (Å²) < 4.78 is 4.94. The van der Waals surface area contributed by atoms with E-state index in [1.807, 2.05) is 0 Å². The Morgan fingerprint density at radius 2 is 1.03 bits per heavy atom. The van der Waals surface area contributed by atoms with E-state index >= 15 is 0 Å². The second-order valence-corrected chi connectivity index (χ2v) is 8.59. The van der Waals surface area contributed by atoms with Gasteiger partial charge < -0.3 is 50.9 Å². The Balaban J connectivity index is 0.0000144. The van der Waals surface area contributed by atoms with Crippen molar-refractivity contribution in [3.63, 3.8) is 0 Å². The first kappa shape index (κ1) is 37.4. The van der Waals surface area contributed by atoms with Crippen molar-refractivity contribution < 1.29 is 110 Å². The molecule has 1 saturated heterocycles. The van der Waals surface area contributed by atoms with Gasteiger partial charge in [-0.25, -0.2) is 0 Å². The van der Waals surface area contributed by atoms with Gasteiger partial charge in [0.1, 0.15) is 24.4 Å². The fourth-order valence-corrected chi connectivity index (χ4v) is 3.72. The van der Waals surface area contributed by atoms with Gasteiger partial charge in [-0.05, 0) is 0 Å². The molecule has 0 saturated carbocycles. The summed E-state index contributed by atoms with van der Waals surface area (Å²) in [6.45, 7) is -4.15. The number of amides is 1. The maximum Gasteiger partial charge on any atom is 3.00 e. The average molecular weight is 712 g/mol. The number of aliphatic carboxylic acids is 4. The van der Waals surface area contributed by atoms with Crippen molar-refractivity contribution in [3.8, 4) is 0 Å². The van der Waals surface area contributed by atoms with Gasteiger partial charge in [-0.1, -0.05) is 0 Å². The van der Waals surface area contributed by atoms with Gasteiger partial charge in [0.15, 0.2) is 6.29 Å². The van der Waals surface area contributed by atoms with Crippen LogP contribution in [0.1, 0.15) is 0 Å². The normalized spacial score (nSPS) is 22.9. The van der Waals surface area contributed by atoms with Gasteiger partial charge in [0.2, 0.25) is 5.91 Å². The molecule has 0 aliphatic carbocycles.